The average Bonchev–Trinajstić information content (AvgIpc) is 3.16. The van der Waals surface area contributed by atoms with Crippen molar-refractivity contribution in [2.45, 2.75) is 12.6 Å². The average molecular weight is 365 g/mol. The molecule has 3 rings (SSSR count). The Labute approximate surface area is 145 Å². The Balaban J connectivity index is 1.66. The summed E-state index contributed by atoms with van der Waals surface area (Å²) in [5.41, 5.74) is 0.590. The lowest BCUT2D eigenvalue weighted by atomic mass is 10.1. The summed E-state index contributed by atoms with van der Waals surface area (Å²) >= 11 is 1.29. The quantitative estimate of drug-likeness (QED) is 0.747. The Morgan fingerprint density at radius 3 is 2.56 bits per heavy atom. The van der Waals surface area contributed by atoms with Gasteiger partial charge >= 0.3 is 6.18 Å². The monoisotopic (exact) mass is 365 g/mol. The summed E-state index contributed by atoms with van der Waals surface area (Å²) in [5.74, 6) is -0.261. The van der Waals surface area contributed by atoms with E-state index in [0.29, 0.717) is 17.2 Å². The van der Waals surface area contributed by atoms with Gasteiger partial charge in [0.2, 0.25) is 0 Å². The maximum Gasteiger partial charge on any atom is 0.416 e. The number of aromatic nitrogens is 2. The van der Waals surface area contributed by atoms with Crippen LogP contribution in [0.4, 0.5) is 18.3 Å². The van der Waals surface area contributed by atoms with Gasteiger partial charge in [-0.1, -0.05) is 12.1 Å². The lowest BCUT2D eigenvalue weighted by molar-refractivity contribution is -0.137. The van der Waals surface area contributed by atoms with Gasteiger partial charge < -0.3 is 4.57 Å². The molecule has 3 aromatic rings. The van der Waals surface area contributed by atoms with Crippen molar-refractivity contribution in [2.24, 2.45) is 7.05 Å². The van der Waals surface area contributed by atoms with Gasteiger partial charge in [0, 0.05) is 30.7 Å². The minimum Gasteiger partial charge on any atom is -0.347 e. The third-order valence-corrected chi connectivity index (χ3v) is 4.52. The molecule has 2 heterocycles. The predicted molar refractivity (Wildman–Crippen MR) is 89.7 cm³/mol. The smallest absolute Gasteiger partial charge is 0.347 e. The molecule has 25 heavy (non-hydrogen) atoms. The third kappa shape index (κ3) is 4.08. The number of halogens is 3. The molecule has 0 aliphatic carbocycles. The van der Waals surface area contributed by atoms with Crippen molar-refractivity contribution in [1.29, 1.82) is 0 Å². The van der Waals surface area contributed by atoms with Crippen LogP contribution in [-0.2, 0) is 19.6 Å². The van der Waals surface area contributed by atoms with Crippen molar-refractivity contribution >= 4 is 22.4 Å². The van der Waals surface area contributed by atoms with Crippen molar-refractivity contribution in [3.05, 3.63) is 70.5 Å². The number of rotatable bonds is 4. The molecule has 130 valence electrons. The zero-order valence-corrected chi connectivity index (χ0v) is 14.0. The molecule has 8 heteroatoms. The van der Waals surface area contributed by atoms with E-state index in [2.05, 4.69) is 10.3 Å². The first-order valence-electron chi connectivity index (χ1n) is 7.36. The molecule has 0 spiro atoms. The summed E-state index contributed by atoms with van der Waals surface area (Å²) in [6.45, 7) is 0. The Bertz CT molecular complexity index is 881. The van der Waals surface area contributed by atoms with Crippen LogP contribution < -0.4 is 5.32 Å². The maximum atomic E-state index is 12.6. The minimum atomic E-state index is -4.34. The number of hydrogen-bond donors (Lipinski definition) is 1. The highest BCUT2D eigenvalue weighted by Gasteiger charge is 2.29. The molecule has 1 N–H and O–H groups in total. The number of anilines is 1. The van der Waals surface area contributed by atoms with Crippen LogP contribution in [0.5, 0.6) is 0 Å². The van der Waals surface area contributed by atoms with Crippen LogP contribution in [0.3, 0.4) is 0 Å². The summed E-state index contributed by atoms with van der Waals surface area (Å²) in [4.78, 5) is 17.1. The van der Waals surface area contributed by atoms with Crippen molar-refractivity contribution in [3.63, 3.8) is 0 Å². The highest BCUT2D eigenvalue weighted by molar-refractivity contribution is 7.15. The minimum absolute atomic E-state index is 0.261. The van der Waals surface area contributed by atoms with E-state index in [0.717, 1.165) is 22.6 Å². The van der Waals surface area contributed by atoms with E-state index in [-0.39, 0.29) is 5.91 Å². The topological polar surface area (TPSA) is 46.9 Å². The number of nitrogens with zero attached hydrogens (tertiary/aromatic N) is 2. The normalized spacial score (nSPS) is 11.5. The second kappa shape index (κ2) is 6.72. The zero-order chi connectivity index (χ0) is 18.0. The number of benzene rings is 1. The van der Waals surface area contributed by atoms with E-state index in [1.54, 1.807) is 36.1 Å². The second-order valence-electron chi connectivity index (χ2n) is 5.46. The Hall–Kier alpha value is -2.61. The summed E-state index contributed by atoms with van der Waals surface area (Å²) in [5, 5.41) is 3.17. The number of amides is 1. The van der Waals surface area contributed by atoms with E-state index < -0.39 is 11.7 Å². The van der Waals surface area contributed by atoms with Gasteiger partial charge in [-0.3, -0.25) is 10.1 Å². The molecule has 0 atom stereocenters. The van der Waals surface area contributed by atoms with Gasteiger partial charge in [0.25, 0.3) is 5.91 Å². The highest BCUT2D eigenvalue weighted by atomic mass is 32.1. The molecule has 0 unspecified atom stereocenters. The van der Waals surface area contributed by atoms with Gasteiger partial charge in [-0.25, -0.2) is 4.98 Å². The van der Waals surface area contributed by atoms with E-state index in [1.807, 2.05) is 0 Å². The molecule has 2 aromatic heterocycles. The number of thiazole rings is 1. The summed E-state index contributed by atoms with van der Waals surface area (Å²) in [6.07, 6.45) is -0.497. The van der Waals surface area contributed by atoms with Gasteiger partial charge in [-0.15, -0.1) is 11.3 Å². The molecule has 4 nitrogen and oxygen atoms in total. The molecule has 0 saturated carbocycles. The van der Waals surface area contributed by atoms with Gasteiger partial charge in [0.1, 0.15) is 5.69 Å². The van der Waals surface area contributed by atoms with Crippen LogP contribution in [0.25, 0.3) is 0 Å². The van der Waals surface area contributed by atoms with Gasteiger partial charge in [0.05, 0.1) is 5.56 Å². The Kier molecular flexibility index (Phi) is 4.63. The number of nitrogens with one attached hydrogen (secondary N) is 1. The molecular weight excluding hydrogens is 351 g/mol. The first-order chi connectivity index (χ1) is 11.8. The molecular formula is C17H14F3N3OS. The van der Waals surface area contributed by atoms with E-state index in [1.165, 1.54) is 23.5 Å². The molecule has 0 aliphatic heterocycles. The van der Waals surface area contributed by atoms with Crippen LogP contribution in [0.2, 0.25) is 0 Å². The van der Waals surface area contributed by atoms with Crippen LogP contribution >= 0.6 is 11.3 Å². The fraction of sp³-hybridized carbons (Fsp3) is 0.176. The standard InChI is InChI=1S/C17H14F3N3OS/c1-23-8-2-3-14(23)15(24)22-16-21-10-13(25-16)9-11-4-6-12(7-5-11)17(18,19)20/h2-8,10H,9H2,1H3,(H,21,22,24). The Morgan fingerprint density at radius 2 is 1.96 bits per heavy atom. The van der Waals surface area contributed by atoms with Crippen LogP contribution in [-0.4, -0.2) is 15.5 Å². The Morgan fingerprint density at radius 1 is 1.24 bits per heavy atom. The lowest BCUT2D eigenvalue weighted by Crippen LogP contribution is -2.14. The third-order valence-electron chi connectivity index (χ3n) is 3.61. The summed E-state index contributed by atoms with van der Waals surface area (Å²) in [7, 11) is 1.77. The van der Waals surface area contributed by atoms with Crippen LogP contribution in [0.1, 0.15) is 26.5 Å². The number of carbonyl (C=O) groups excluding carboxylic acids is 1. The van der Waals surface area contributed by atoms with Gasteiger partial charge in [-0.2, -0.15) is 13.2 Å². The molecule has 1 aromatic carbocycles. The van der Waals surface area contributed by atoms with Crippen molar-refractivity contribution in [1.82, 2.24) is 9.55 Å². The lowest BCUT2D eigenvalue weighted by Gasteiger charge is -2.06. The molecule has 0 saturated heterocycles. The maximum absolute atomic E-state index is 12.6. The summed E-state index contributed by atoms with van der Waals surface area (Å²) < 4.78 is 39.4. The van der Waals surface area contributed by atoms with Crippen molar-refractivity contribution in [3.8, 4) is 0 Å². The van der Waals surface area contributed by atoms with Gasteiger partial charge in [-0.05, 0) is 29.8 Å². The molecule has 0 bridgehead atoms. The predicted octanol–water partition coefficient (Wildman–Crippen LogP) is 4.34. The summed E-state index contributed by atoms with van der Waals surface area (Å²) in [6, 6.07) is 8.50. The number of aryl methyl sites for hydroxylation is 1. The van der Waals surface area contributed by atoms with E-state index >= 15 is 0 Å². The molecule has 0 radical (unpaired) electrons. The number of alkyl halides is 3. The number of carbonyl (C=O) groups is 1. The van der Waals surface area contributed by atoms with E-state index in [9.17, 15) is 18.0 Å². The van der Waals surface area contributed by atoms with Crippen LogP contribution in [0, 0.1) is 0 Å². The fourth-order valence-corrected chi connectivity index (χ4v) is 3.16. The molecule has 0 aliphatic rings. The molecule has 0 fully saturated rings. The second-order valence-corrected chi connectivity index (χ2v) is 6.58. The largest absolute Gasteiger partial charge is 0.416 e. The zero-order valence-electron chi connectivity index (χ0n) is 13.2. The SMILES string of the molecule is Cn1cccc1C(=O)Nc1ncc(Cc2ccc(C(F)(F)F)cc2)s1. The first kappa shape index (κ1) is 17.2. The highest BCUT2D eigenvalue weighted by Crippen LogP contribution is 2.30. The molecule has 1 amide bonds. The van der Waals surface area contributed by atoms with Crippen LogP contribution in [0.15, 0.2) is 48.8 Å². The fourth-order valence-electron chi connectivity index (χ4n) is 2.32. The first-order valence-corrected chi connectivity index (χ1v) is 8.18. The van der Waals surface area contributed by atoms with E-state index in [4.69, 9.17) is 0 Å². The van der Waals surface area contributed by atoms with Gasteiger partial charge in [0.15, 0.2) is 5.13 Å². The van der Waals surface area contributed by atoms with Crippen molar-refractivity contribution in [2.75, 3.05) is 5.32 Å². The number of hydrogen-bond acceptors (Lipinski definition) is 3. The van der Waals surface area contributed by atoms with Crippen molar-refractivity contribution < 1.29 is 18.0 Å².